The standard InChI is InChI=1S/C18H22N2O3/c1-12(2)18(3)11-20(15-7-5-4-6-14(15)19-18)10-13-8-9-16(23-13)17(21)22/h4-9,12,19H,10-11H2,1-3H3,(H,21,22). The van der Waals surface area contributed by atoms with Crippen LogP contribution in [0.5, 0.6) is 0 Å². The van der Waals surface area contributed by atoms with Gasteiger partial charge in [-0.3, -0.25) is 0 Å². The van der Waals surface area contributed by atoms with Gasteiger partial charge in [0.15, 0.2) is 0 Å². The van der Waals surface area contributed by atoms with Gasteiger partial charge in [-0.15, -0.1) is 0 Å². The van der Waals surface area contributed by atoms with Crippen molar-refractivity contribution in [2.75, 3.05) is 16.8 Å². The second kappa shape index (κ2) is 5.65. The van der Waals surface area contributed by atoms with E-state index in [2.05, 4.69) is 43.1 Å². The zero-order chi connectivity index (χ0) is 16.6. The van der Waals surface area contributed by atoms with E-state index in [0.29, 0.717) is 18.2 Å². The molecular formula is C18H22N2O3. The highest BCUT2D eigenvalue weighted by molar-refractivity contribution is 5.84. The molecule has 1 aromatic carbocycles. The van der Waals surface area contributed by atoms with Gasteiger partial charge in [0.25, 0.3) is 0 Å². The number of aromatic carboxylic acids is 1. The summed E-state index contributed by atoms with van der Waals surface area (Å²) in [4.78, 5) is 13.2. The molecule has 2 heterocycles. The number of furan rings is 1. The van der Waals surface area contributed by atoms with Gasteiger partial charge in [0.05, 0.1) is 23.5 Å². The zero-order valence-electron chi connectivity index (χ0n) is 13.7. The number of nitrogens with zero attached hydrogens (tertiary/aromatic N) is 1. The molecule has 0 fully saturated rings. The number of nitrogens with one attached hydrogen (secondary N) is 1. The molecule has 3 rings (SSSR count). The summed E-state index contributed by atoms with van der Waals surface area (Å²) in [6.07, 6.45) is 0. The highest BCUT2D eigenvalue weighted by atomic mass is 16.4. The topological polar surface area (TPSA) is 65.7 Å². The van der Waals surface area contributed by atoms with E-state index >= 15 is 0 Å². The fourth-order valence-corrected chi connectivity index (χ4v) is 2.92. The van der Waals surface area contributed by atoms with Crippen LogP contribution in [0.1, 0.15) is 37.1 Å². The minimum absolute atomic E-state index is 0.0185. The predicted octanol–water partition coefficient (Wildman–Crippen LogP) is 3.82. The molecule has 5 nitrogen and oxygen atoms in total. The van der Waals surface area contributed by atoms with Gasteiger partial charge in [-0.05, 0) is 37.1 Å². The number of carboxylic acid groups (broad SMARTS) is 1. The minimum atomic E-state index is -1.04. The van der Waals surface area contributed by atoms with Crippen LogP contribution in [0.15, 0.2) is 40.8 Å². The number of fused-ring (bicyclic) bond motifs is 1. The number of anilines is 2. The fraction of sp³-hybridized carbons (Fsp3) is 0.389. The lowest BCUT2D eigenvalue weighted by Gasteiger charge is -2.46. The van der Waals surface area contributed by atoms with Crippen LogP contribution in [0.4, 0.5) is 11.4 Å². The summed E-state index contributed by atoms with van der Waals surface area (Å²) >= 11 is 0. The van der Waals surface area contributed by atoms with Crippen molar-refractivity contribution in [1.29, 1.82) is 0 Å². The first-order valence-electron chi connectivity index (χ1n) is 7.83. The zero-order valence-corrected chi connectivity index (χ0v) is 13.7. The molecule has 2 aromatic rings. The monoisotopic (exact) mass is 314 g/mol. The van der Waals surface area contributed by atoms with Crippen molar-refractivity contribution in [2.45, 2.75) is 32.9 Å². The van der Waals surface area contributed by atoms with E-state index in [4.69, 9.17) is 9.52 Å². The summed E-state index contributed by atoms with van der Waals surface area (Å²) in [5.74, 6) is 0.0498. The molecule has 1 aliphatic heterocycles. The lowest BCUT2D eigenvalue weighted by atomic mass is 9.85. The van der Waals surface area contributed by atoms with Gasteiger partial charge >= 0.3 is 5.97 Å². The van der Waals surface area contributed by atoms with Crippen molar-refractivity contribution < 1.29 is 14.3 Å². The van der Waals surface area contributed by atoms with E-state index in [0.717, 1.165) is 17.9 Å². The van der Waals surface area contributed by atoms with E-state index < -0.39 is 5.97 Å². The molecule has 1 aliphatic rings. The Morgan fingerprint density at radius 1 is 1.35 bits per heavy atom. The number of hydrogen-bond donors (Lipinski definition) is 2. The van der Waals surface area contributed by atoms with Crippen LogP contribution in [0, 0.1) is 5.92 Å². The van der Waals surface area contributed by atoms with E-state index in [1.54, 1.807) is 6.07 Å². The van der Waals surface area contributed by atoms with Crippen LogP contribution in [-0.2, 0) is 6.54 Å². The van der Waals surface area contributed by atoms with E-state index in [1.807, 2.05) is 12.1 Å². The first kappa shape index (κ1) is 15.5. The Labute approximate surface area is 135 Å². The fourth-order valence-electron chi connectivity index (χ4n) is 2.92. The molecule has 0 amide bonds. The van der Waals surface area contributed by atoms with Gasteiger partial charge < -0.3 is 19.7 Å². The Balaban J connectivity index is 1.91. The third kappa shape index (κ3) is 2.91. The molecule has 23 heavy (non-hydrogen) atoms. The molecule has 0 saturated heterocycles. The molecule has 122 valence electrons. The van der Waals surface area contributed by atoms with Gasteiger partial charge in [-0.1, -0.05) is 26.0 Å². The maximum absolute atomic E-state index is 11.0. The quantitative estimate of drug-likeness (QED) is 0.898. The first-order chi connectivity index (χ1) is 10.9. The maximum Gasteiger partial charge on any atom is 0.371 e. The predicted molar refractivity (Wildman–Crippen MR) is 90.0 cm³/mol. The van der Waals surface area contributed by atoms with E-state index in [1.165, 1.54) is 6.07 Å². The average Bonchev–Trinajstić information content (AvgIpc) is 2.96. The van der Waals surface area contributed by atoms with Gasteiger partial charge in [-0.25, -0.2) is 4.79 Å². The molecule has 5 heteroatoms. The second-order valence-corrected chi connectivity index (χ2v) is 6.64. The van der Waals surface area contributed by atoms with Gasteiger partial charge in [0.2, 0.25) is 5.76 Å². The third-order valence-corrected chi connectivity index (χ3v) is 4.68. The minimum Gasteiger partial charge on any atom is -0.475 e. The summed E-state index contributed by atoms with van der Waals surface area (Å²) in [6.45, 7) is 7.99. The molecule has 0 spiro atoms. The Hall–Kier alpha value is -2.43. The van der Waals surface area contributed by atoms with Crippen molar-refractivity contribution in [3.8, 4) is 0 Å². The van der Waals surface area contributed by atoms with Crippen LogP contribution in [0.25, 0.3) is 0 Å². The molecule has 0 bridgehead atoms. The Bertz CT molecular complexity index is 723. The van der Waals surface area contributed by atoms with Crippen LogP contribution in [-0.4, -0.2) is 23.2 Å². The highest BCUT2D eigenvalue weighted by Crippen LogP contribution is 2.38. The van der Waals surface area contributed by atoms with Crippen molar-refractivity contribution in [3.05, 3.63) is 47.9 Å². The highest BCUT2D eigenvalue weighted by Gasteiger charge is 2.36. The van der Waals surface area contributed by atoms with Crippen molar-refractivity contribution in [1.82, 2.24) is 0 Å². The molecule has 1 unspecified atom stereocenters. The van der Waals surface area contributed by atoms with Crippen LogP contribution in [0.2, 0.25) is 0 Å². The number of carbonyl (C=O) groups is 1. The SMILES string of the molecule is CC(C)C1(C)CN(Cc2ccc(C(=O)O)o2)c2ccccc2N1. The lowest BCUT2D eigenvalue weighted by molar-refractivity contribution is 0.0660. The first-order valence-corrected chi connectivity index (χ1v) is 7.83. The second-order valence-electron chi connectivity index (χ2n) is 6.64. The number of carboxylic acids is 1. The largest absolute Gasteiger partial charge is 0.475 e. The summed E-state index contributed by atoms with van der Waals surface area (Å²) in [5, 5.41) is 12.6. The number of hydrogen-bond acceptors (Lipinski definition) is 4. The van der Waals surface area contributed by atoms with Gasteiger partial charge in [-0.2, -0.15) is 0 Å². The Morgan fingerprint density at radius 2 is 2.09 bits per heavy atom. The van der Waals surface area contributed by atoms with E-state index in [-0.39, 0.29) is 11.3 Å². The summed E-state index contributed by atoms with van der Waals surface area (Å²) in [7, 11) is 0. The van der Waals surface area contributed by atoms with E-state index in [9.17, 15) is 4.79 Å². The van der Waals surface area contributed by atoms with Crippen LogP contribution >= 0.6 is 0 Å². The van der Waals surface area contributed by atoms with Crippen molar-refractivity contribution in [3.63, 3.8) is 0 Å². The molecule has 0 aliphatic carbocycles. The van der Waals surface area contributed by atoms with Crippen LogP contribution in [0.3, 0.4) is 0 Å². The Kier molecular flexibility index (Phi) is 3.80. The van der Waals surface area contributed by atoms with Crippen LogP contribution < -0.4 is 10.2 Å². The summed E-state index contributed by atoms with van der Waals surface area (Å²) in [5.41, 5.74) is 2.15. The van der Waals surface area contributed by atoms with Gasteiger partial charge in [0, 0.05) is 6.54 Å². The molecular weight excluding hydrogens is 292 g/mol. The molecule has 0 saturated carbocycles. The third-order valence-electron chi connectivity index (χ3n) is 4.68. The number of para-hydroxylation sites is 2. The summed E-state index contributed by atoms with van der Waals surface area (Å²) in [6, 6.07) is 11.4. The van der Waals surface area contributed by atoms with Crippen molar-refractivity contribution >= 4 is 17.3 Å². The van der Waals surface area contributed by atoms with Crippen molar-refractivity contribution in [2.24, 2.45) is 5.92 Å². The average molecular weight is 314 g/mol. The Morgan fingerprint density at radius 3 is 2.74 bits per heavy atom. The molecule has 2 N–H and O–H groups in total. The smallest absolute Gasteiger partial charge is 0.371 e. The number of benzene rings is 1. The van der Waals surface area contributed by atoms with Gasteiger partial charge in [0.1, 0.15) is 5.76 Å². The number of rotatable bonds is 4. The molecule has 0 radical (unpaired) electrons. The summed E-state index contributed by atoms with van der Waals surface area (Å²) < 4.78 is 5.43. The normalized spacial score (nSPS) is 20.3. The lowest BCUT2D eigenvalue weighted by Crippen LogP contribution is -2.53. The molecule has 1 aromatic heterocycles. The maximum atomic E-state index is 11.0. The molecule has 1 atom stereocenters.